The van der Waals surface area contributed by atoms with Crippen molar-refractivity contribution in [2.45, 2.75) is 12.8 Å². The zero-order valence-electron chi connectivity index (χ0n) is 10.4. The van der Waals surface area contributed by atoms with Crippen LogP contribution in [0.5, 0.6) is 0 Å². The molecule has 0 aromatic heterocycles. The summed E-state index contributed by atoms with van der Waals surface area (Å²) in [7, 11) is 0. The highest BCUT2D eigenvalue weighted by molar-refractivity contribution is 5.74. The van der Waals surface area contributed by atoms with Crippen molar-refractivity contribution >= 4 is 11.7 Å². The van der Waals surface area contributed by atoms with E-state index in [1.54, 1.807) is 0 Å². The van der Waals surface area contributed by atoms with Gasteiger partial charge < -0.3 is 14.8 Å². The van der Waals surface area contributed by atoms with Crippen LogP contribution in [-0.2, 0) is 14.3 Å². The molecular formula is C14H19NO3. The van der Waals surface area contributed by atoms with Crippen LogP contribution in [0.15, 0.2) is 30.3 Å². The van der Waals surface area contributed by atoms with E-state index in [9.17, 15) is 4.79 Å². The molecule has 1 saturated heterocycles. The number of para-hydroxylation sites is 1. The summed E-state index contributed by atoms with van der Waals surface area (Å²) in [6.45, 7) is 2.29. The second-order valence-electron chi connectivity index (χ2n) is 4.46. The van der Waals surface area contributed by atoms with Crippen LogP contribution in [0.3, 0.4) is 0 Å². The molecule has 2 rings (SSSR count). The summed E-state index contributed by atoms with van der Waals surface area (Å²) in [5.74, 6) is 0.254. The van der Waals surface area contributed by atoms with Crippen molar-refractivity contribution < 1.29 is 14.3 Å². The van der Waals surface area contributed by atoms with Crippen LogP contribution in [0.2, 0.25) is 0 Å². The number of esters is 1. The Morgan fingerprint density at radius 2 is 2.00 bits per heavy atom. The Balaban J connectivity index is 1.63. The van der Waals surface area contributed by atoms with Crippen LogP contribution in [0.25, 0.3) is 0 Å². The molecule has 1 N–H and O–H groups in total. The molecule has 4 nitrogen and oxygen atoms in total. The van der Waals surface area contributed by atoms with E-state index in [2.05, 4.69) is 5.32 Å². The molecule has 18 heavy (non-hydrogen) atoms. The van der Waals surface area contributed by atoms with Crippen LogP contribution in [0, 0.1) is 5.92 Å². The van der Waals surface area contributed by atoms with Crippen LogP contribution in [0.1, 0.15) is 12.8 Å². The van der Waals surface area contributed by atoms with Gasteiger partial charge in [0.15, 0.2) is 0 Å². The number of anilines is 1. The fourth-order valence-electron chi connectivity index (χ4n) is 1.91. The molecule has 0 aliphatic carbocycles. The Bertz CT molecular complexity index is 361. The molecule has 0 saturated carbocycles. The summed E-state index contributed by atoms with van der Waals surface area (Å²) in [6, 6.07) is 9.64. The number of hydrogen-bond donors (Lipinski definition) is 1. The third kappa shape index (κ3) is 4.37. The molecule has 0 bridgehead atoms. The van der Waals surface area contributed by atoms with Gasteiger partial charge in [0.25, 0.3) is 0 Å². The molecule has 0 atom stereocenters. The van der Waals surface area contributed by atoms with Gasteiger partial charge in [0.2, 0.25) is 0 Å². The van der Waals surface area contributed by atoms with Crippen LogP contribution >= 0.6 is 0 Å². The summed E-state index contributed by atoms with van der Waals surface area (Å²) >= 11 is 0. The number of carbonyl (C=O) groups excluding carboxylic acids is 1. The summed E-state index contributed by atoms with van der Waals surface area (Å²) < 4.78 is 10.5. The molecular weight excluding hydrogens is 230 g/mol. The number of rotatable bonds is 5. The molecule has 4 heteroatoms. The smallest absolute Gasteiger partial charge is 0.325 e. The van der Waals surface area contributed by atoms with Crippen molar-refractivity contribution in [3.05, 3.63) is 30.3 Å². The average molecular weight is 249 g/mol. The summed E-state index contributed by atoms with van der Waals surface area (Å²) in [4.78, 5) is 11.5. The highest BCUT2D eigenvalue weighted by Gasteiger charge is 2.15. The minimum Gasteiger partial charge on any atom is -0.464 e. The Morgan fingerprint density at radius 3 is 2.72 bits per heavy atom. The van der Waals surface area contributed by atoms with E-state index in [0.29, 0.717) is 12.5 Å². The molecule has 1 aliphatic rings. The fourth-order valence-corrected chi connectivity index (χ4v) is 1.91. The number of hydrogen-bond acceptors (Lipinski definition) is 4. The Hall–Kier alpha value is -1.55. The zero-order chi connectivity index (χ0) is 12.6. The van der Waals surface area contributed by atoms with E-state index >= 15 is 0 Å². The maximum atomic E-state index is 11.5. The van der Waals surface area contributed by atoms with Crippen molar-refractivity contribution in [1.29, 1.82) is 0 Å². The molecule has 0 spiro atoms. The third-order valence-electron chi connectivity index (χ3n) is 3.03. The number of carbonyl (C=O) groups is 1. The van der Waals surface area contributed by atoms with Crippen LogP contribution < -0.4 is 5.32 Å². The lowest BCUT2D eigenvalue weighted by Crippen LogP contribution is -2.24. The van der Waals surface area contributed by atoms with Gasteiger partial charge in [-0.1, -0.05) is 18.2 Å². The van der Waals surface area contributed by atoms with Crippen molar-refractivity contribution in [3.63, 3.8) is 0 Å². The lowest BCUT2D eigenvalue weighted by molar-refractivity contribution is -0.143. The molecule has 1 aromatic carbocycles. The largest absolute Gasteiger partial charge is 0.464 e. The first-order valence-corrected chi connectivity index (χ1v) is 6.37. The lowest BCUT2D eigenvalue weighted by Gasteiger charge is -2.21. The van der Waals surface area contributed by atoms with E-state index in [0.717, 1.165) is 31.7 Å². The van der Waals surface area contributed by atoms with Gasteiger partial charge in [0.1, 0.15) is 6.54 Å². The van der Waals surface area contributed by atoms with Crippen molar-refractivity contribution in [2.75, 3.05) is 31.7 Å². The highest BCUT2D eigenvalue weighted by Crippen LogP contribution is 2.14. The van der Waals surface area contributed by atoms with E-state index in [4.69, 9.17) is 9.47 Å². The summed E-state index contributed by atoms with van der Waals surface area (Å²) in [5, 5.41) is 3.03. The van der Waals surface area contributed by atoms with Gasteiger partial charge in [-0.25, -0.2) is 0 Å². The Kier molecular flexibility index (Phi) is 5.02. The van der Waals surface area contributed by atoms with Gasteiger partial charge in [-0.05, 0) is 30.9 Å². The Morgan fingerprint density at radius 1 is 1.28 bits per heavy atom. The third-order valence-corrected chi connectivity index (χ3v) is 3.03. The topological polar surface area (TPSA) is 47.6 Å². The van der Waals surface area contributed by atoms with Crippen molar-refractivity contribution in [3.8, 4) is 0 Å². The second-order valence-corrected chi connectivity index (χ2v) is 4.46. The predicted molar refractivity (Wildman–Crippen MR) is 69.4 cm³/mol. The van der Waals surface area contributed by atoms with Gasteiger partial charge >= 0.3 is 5.97 Å². The van der Waals surface area contributed by atoms with Crippen LogP contribution in [0.4, 0.5) is 5.69 Å². The first kappa shape index (κ1) is 12.9. The fraction of sp³-hybridized carbons (Fsp3) is 0.500. The van der Waals surface area contributed by atoms with Crippen LogP contribution in [-0.4, -0.2) is 32.3 Å². The van der Waals surface area contributed by atoms with E-state index in [-0.39, 0.29) is 12.5 Å². The quantitative estimate of drug-likeness (QED) is 0.811. The highest BCUT2D eigenvalue weighted by atomic mass is 16.5. The molecule has 1 heterocycles. The predicted octanol–water partition coefficient (Wildman–Crippen LogP) is 2.07. The molecule has 98 valence electrons. The molecule has 0 unspecified atom stereocenters. The maximum Gasteiger partial charge on any atom is 0.325 e. The standard InChI is InChI=1S/C14H19NO3/c16-14(10-15-13-4-2-1-3-5-13)18-11-12-6-8-17-9-7-12/h1-5,12,15H,6-11H2. The van der Waals surface area contributed by atoms with Crippen molar-refractivity contribution in [1.82, 2.24) is 0 Å². The second kappa shape index (κ2) is 7.01. The maximum absolute atomic E-state index is 11.5. The Labute approximate surface area is 107 Å². The number of benzene rings is 1. The van der Waals surface area contributed by atoms with Gasteiger partial charge in [0, 0.05) is 18.9 Å². The minimum absolute atomic E-state index is 0.203. The van der Waals surface area contributed by atoms with E-state index < -0.39 is 0 Å². The molecule has 0 amide bonds. The first-order valence-electron chi connectivity index (χ1n) is 6.37. The normalized spacial score (nSPS) is 16.2. The number of ether oxygens (including phenoxy) is 2. The molecule has 1 aromatic rings. The average Bonchev–Trinajstić information content (AvgIpc) is 2.45. The SMILES string of the molecule is O=C(CNc1ccccc1)OCC1CCOCC1. The summed E-state index contributed by atoms with van der Waals surface area (Å²) in [5.41, 5.74) is 0.931. The molecule has 1 aliphatic heterocycles. The molecule has 1 fully saturated rings. The van der Waals surface area contributed by atoms with E-state index in [1.165, 1.54) is 0 Å². The minimum atomic E-state index is -0.203. The summed E-state index contributed by atoms with van der Waals surface area (Å²) in [6.07, 6.45) is 1.97. The zero-order valence-corrected chi connectivity index (χ0v) is 10.4. The van der Waals surface area contributed by atoms with Crippen molar-refractivity contribution in [2.24, 2.45) is 5.92 Å². The van der Waals surface area contributed by atoms with Gasteiger partial charge in [-0.3, -0.25) is 4.79 Å². The van der Waals surface area contributed by atoms with Gasteiger partial charge in [-0.2, -0.15) is 0 Å². The molecule has 0 radical (unpaired) electrons. The van der Waals surface area contributed by atoms with Gasteiger partial charge in [-0.15, -0.1) is 0 Å². The van der Waals surface area contributed by atoms with E-state index in [1.807, 2.05) is 30.3 Å². The lowest BCUT2D eigenvalue weighted by atomic mass is 10.0. The monoisotopic (exact) mass is 249 g/mol. The number of nitrogens with one attached hydrogen (secondary N) is 1. The van der Waals surface area contributed by atoms with Gasteiger partial charge in [0.05, 0.1) is 6.61 Å². The first-order chi connectivity index (χ1) is 8.84.